The lowest BCUT2D eigenvalue weighted by Gasteiger charge is -2.28. The highest BCUT2D eigenvalue weighted by molar-refractivity contribution is 6.33. The van der Waals surface area contributed by atoms with E-state index < -0.39 is 5.97 Å². The van der Waals surface area contributed by atoms with Crippen LogP contribution in [-0.4, -0.2) is 52.3 Å². The zero-order valence-corrected chi connectivity index (χ0v) is 19.8. The lowest BCUT2D eigenvalue weighted by Crippen LogP contribution is -2.36. The van der Waals surface area contributed by atoms with Crippen LogP contribution in [0.3, 0.4) is 0 Å². The number of morpholine rings is 1. The Kier molecular flexibility index (Phi) is 5.67. The fourth-order valence-corrected chi connectivity index (χ4v) is 4.59. The highest BCUT2D eigenvalue weighted by Crippen LogP contribution is 2.32. The summed E-state index contributed by atoms with van der Waals surface area (Å²) < 4.78 is 11.4. The molecule has 6 rings (SSSR count). The summed E-state index contributed by atoms with van der Waals surface area (Å²) in [5.41, 5.74) is 4.09. The topological polar surface area (TPSA) is 101 Å². The molecule has 0 amide bonds. The van der Waals surface area contributed by atoms with Crippen LogP contribution < -0.4 is 9.64 Å². The van der Waals surface area contributed by atoms with Gasteiger partial charge in [0.25, 0.3) is 0 Å². The van der Waals surface area contributed by atoms with Crippen LogP contribution in [0.2, 0.25) is 5.02 Å². The van der Waals surface area contributed by atoms with E-state index in [1.807, 2.05) is 24.3 Å². The molecule has 0 aliphatic carbocycles. The number of nitrogens with one attached hydrogen (secondary N) is 1. The Morgan fingerprint density at radius 2 is 1.72 bits per heavy atom. The van der Waals surface area contributed by atoms with Crippen molar-refractivity contribution in [1.82, 2.24) is 15.0 Å². The zero-order valence-electron chi connectivity index (χ0n) is 19.1. The molecule has 0 atom stereocenters. The predicted octanol–water partition coefficient (Wildman–Crippen LogP) is 5.76. The van der Waals surface area contributed by atoms with Crippen LogP contribution >= 0.6 is 11.6 Å². The quantitative estimate of drug-likeness (QED) is 0.316. The largest absolute Gasteiger partial charge is 0.478 e. The first-order chi connectivity index (χ1) is 17.5. The van der Waals surface area contributed by atoms with Crippen LogP contribution in [0.15, 0.2) is 66.7 Å². The van der Waals surface area contributed by atoms with Gasteiger partial charge in [0.1, 0.15) is 5.75 Å². The number of H-pyrrole nitrogens is 1. The average molecular weight is 501 g/mol. The van der Waals surface area contributed by atoms with Gasteiger partial charge in [-0.25, -0.2) is 9.78 Å². The van der Waals surface area contributed by atoms with Crippen molar-refractivity contribution < 1.29 is 19.4 Å². The number of nitrogens with zero attached hydrogens (tertiary/aromatic N) is 3. The third-order valence-electron chi connectivity index (χ3n) is 6.20. The van der Waals surface area contributed by atoms with Gasteiger partial charge in [0.2, 0.25) is 0 Å². The van der Waals surface area contributed by atoms with E-state index in [-0.39, 0.29) is 11.6 Å². The Balaban J connectivity index is 1.25. The van der Waals surface area contributed by atoms with Gasteiger partial charge in [0, 0.05) is 24.3 Å². The first kappa shape index (κ1) is 22.3. The van der Waals surface area contributed by atoms with E-state index in [4.69, 9.17) is 21.1 Å². The molecule has 0 radical (unpaired) electrons. The molecule has 3 heterocycles. The number of anilines is 1. The molecule has 8 nitrogen and oxygen atoms in total. The number of carboxylic acids is 1. The summed E-state index contributed by atoms with van der Waals surface area (Å²) in [6, 6.07) is 20.6. The third-order valence-corrected chi connectivity index (χ3v) is 6.48. The van der Waals surface area contributed by atoms with Gasteiger partial charge in [0.05, 0.1) is 35.0 Å². The molecule has 180 valence electrons. The number of benzene rings is 3. The Morgan fingerprint density at radius 3 is 2.50 bits per heavy atom. The van der Waals surface area contributed by atoms with Gasteiger partial charge in [-0.1, -0.05) is 35.9 Å². The summed E-state index contributed by atoms with van der Waals surface area (Å²) in [7, 11) is 0. The number of aromatic nitrogens is 3. The second kappa shape index (κ2) is 9.14. The minimum absolute atomic E-state index is 0.239. The van der Waals surface area contributed by atoms with Gasteiger partial charge in [-0.3, -0.25) is 0 Å². The van der Waals surface area contributed by atoms with Gasteiger partial charge >= 0.3 is 12.0 Å². The van der Waals surface area contributed by atoms with Crippen LogP contribution in [0.4, 0.5) is 5.69 Å². The zero-order chi connectivity index (χ0) is 24.6. The number of fused-ring (bicyclic) bond motifs is 2. The molecule has 1 aliphatic heterocycles. The van der Waals surface area contributed by atoms with E-state index >= 15 is 0 Å². The molecule has 1 saturated heterocycles. The number of carbonyl (C=O) groups is 1. The maximum atomic E-state index is 11.2. The molecule has 0 unspecified atom stereocenters. The summed E-state index contributed by atoms with van der Waals surface area (Å²) in [4.78, 5) is 25.8. The molecule has 2 aromatic heterocycles. The van der Waals surface area contributed by atoms with Crippen molar-refractivity contribution >= 4 is 45.2 Å². The molecule has 0 bridgehead atoms. The fourth-order valence-electron chi connectivity index (χ4n) is 4.33. The van der Waals surface area contributed by atoms with E-state index in [0.717, 1.165) is 48.3 Å². The van der Waals surface area contributed by atoms with E-state index in [0.29, 0.717) is 27.6 Å². The van der Waals surface area contributed by atoms with E-state index in [9.17, 15) is 9.90 Å². The number of carboxylic acid groups (broad SMARTS) is 1. The Morgan fingerprint density at radius 1 is 0.972 bits per heavy atom. The Labute approximate surface area is 211 Å². The van der Waals surface area contributed by atoms with Crippen molar-refractivity contribution in [3.63, 3.8) is 0 Å². The molecule has 2 N–H and O–H groups in total. The van der Waals surface area contributed by atoms with Crippen LogP contribution in [0.5, 0.6) is 11.8 Å². The van der Waals surface area contributed by atoms with Gasteiger partial charge in [-0.05, 0) is 53.2 Å². The number of ether oxygens (including phenoxy) is 2. The van der Waals surface area contributed by atoms with Crippen molar-refractivity contribution in [3.8, 4) is 23.0 Å². The molecule has 0 saturated carbocycles. The number of hydrogen-bond acceptors (Lipinski definition) is 6. The van der Waals surface area contributed by atoms with Gasteiger partial charge in [-0.2, -0.15) is 4.98 Å². The average Bonchev–Trinajstić information content (AvgIpc) is 3.29. The lowest BCUT2D eigenvalue weighted by atomic mass is 10.1. The fraction of sp³-hybridized carbons (Fsp3) is 0.148. The number of halogens is 1. The van der Waals surface area contributed by atoms with Crippen molar-refractivity contribution in [1.29, 1.82) is 0 Å². The highest BCUT2D eigenvalue weighted by Gasteiger charge is 2.15. The first-order valence-corrected chi connectivity index (χ1v) is 11.9. The number of hydrogen-bond donors (Lipinski definition) is 2. The Hall–Kier alpha value is -4.14. The minimum Gasteiger partial charge on any atom is -0.478 e. The molecule has 36 heavy (non-hydrogen) atoms. The van der Waals surface area contributed by atoms with Crippen molar-refractivity contribution in [2.24, 2.45) is 0 Å². The van der Waals surface area contributed by atoms with Gasteiger partial charge in [0.15, 0.2) is 5.65 Å². The second-order valence-corrected chi connectivity index (χ2v) is 8.92. The number of aromatic carboxylic acids is 1. The van der Waals surface area contributed by atoms with E-state index in [2.05, 4.69) is 32.0 Å². The Bertz CT molecular complexity index is 1590. The van der Waals surface area contributed by atoms with Crippen molar-refractivity contribution in [2.75, 3.05) is 31.2 Å². The number of imidazole rings is 1. The summed E-state index contributed by atoms with van der Waals surface area (Å²) in [6.45, 7) is 3.22. The maximum Gasteiger partial charge on any atom is 0.335 e. The summed E-state index contributed by atoms with van der Waals surface area (Å²) in [6.07, 6.45) is 0. The summed E-state index contributed by atoms with van der Waals surface area (Å²) in [5, 5.41) is 11.4. The first-order valence-electron chi connectivity index (χ1n) is 11.5. The molecule has 3 aromatic carbocycles. The molecule has 0 spiro atoms. The van der Waals surface area contributed by atoms with Crippen LogP contribution in [0.1, 0.15) is 10.4 Å². The molecular weight excluding hydrogens is 480 g/mol. The van der Waals surface area contributed by atoms with Crippen LogP contribution in [0, 0.1) is 0 Å². The normalized spacial score (nSPS) is 13.9. The van der Waals surface area contributed by atoms with Gasteiger partial charge < -0.3 is 24.5 Å². The second-order valence-electron chi connectivity index (χ2n) is 8.51. The standard InChI is InChI=1S/C27H21ClN4O4/c28-22-15-23-25(30-24(22)16-3-6-20(7-4-16)32-9-11-35-12-10-32)31-27(29-23)36-21-8-5-17-13-19(26(33)34)2-1-18(17)14-21/h1-8,13-15H,9-12H2,(H,33,34)(H,29,30,31). The van der Waals surface area contributed by atoms with Crippen molar-refractivity contribution in [3.05, 3.63) is 77.3 Å². The molecule has 1 fully saturated rings. The minimum atomic E-state index is -0.960. The highest BCUT2D eigenvalue weighted by atomic mass is 35.5. The molecule has 1 aliphatic rings. The number of rotatable bonds is 5. The van der Waals surface area contributed by atoms with Crippen molar-refractivity contribution in [2.45, 2.75) is 0 Å². The summed E-state index contributed by atoms with van der Waals surface area (Å²) >= 11 is 6.58. The monoisotopic (exact) mass is 500 g/mol. The van der Waals surface area contributed by atoms with Crippen LogP contribution in [0.25, 0.3) is 33.2 Å². The molecule has 9 heteroatoms. The smallest absolute Gasteiger partial charge is 0.335 e. The molecule has 5 aromatic rings. The maximum absolute atomic E-state index is 11.2. The van der Waals surface area contributed by atoms with E-state index in [1.165, 1.54) is 0 Å². The van der Waals surface area contributed by atoms with E-state index in [1.54, 1.807) is 30.3 Å². The lowest BCUT2D eigenvalue weighted by molar-refractivity contribution is 0.0697. The van der Waals surface area contributed by atoms with Crippen LogP contribution in [-0.2, 0) is 4.74 Å². The number of pyridine rings is 1. The SMILES string of the molecule is O=C(O)c1ccc2cc(Oc3nc4nc(-c5ccc(N6CCOCC6)cc5)c(Cl)cc4[nH]3)ccc2c1. The predicted molar refractivity (Wildman–Crippen MR) is 138 cm³/mol. The van der Waals surface area contributed by atoms with Gasteiger partial charge in [-0.15, -0.1) is 0 Å². The molecular formula is C27H21ClN4O4. The third kappa shape index (κ3) is 4.32. The summed E-state index contributed by atoms with van der Waals surface area (Å²) in [5.74, 6) is -0.396. The number of aromatic amines is 1.